The maximum Gasteiger partial charge on any atom is 0.253 e. The summed E-state index contributed by atoms with van der Waals surface area (Å²) >= 11 is 0. The third-order valence-corrected chi connectivity index (χ3v) is 4.43. The number of aromatic amines is 1. The van der Waals surface area contributed by atoms with E-state index in [1.165, 1.54) is 0 Å². The summed E-state index contributed by atoms with van der Waals surface area (Å²) < 4.78 is 0. The number of pyridine rings is 1. The summed E-state index contributed by atoms with van der Waals surface area (Å²) in [5.41, 5.74) is 12.0. The fourth-order valence-corrected chi connectivity index (χ4v) is 3.06. The number of fused-ring (bicyclic) bond motifs is 1. The van der Waals surface area contributed by atoms with Crippen LogP contribution in [-0.4, -0.2) is 22.4 Å². The van der Waals surface area contributed by atoms with E-state index in [4.69, 9.17) is 5.73 Å². The second-order valence-corrected chi connectivity index (χ2v) is 6.17. The number of carbonyl (C=O) groups is 1. The number of hydrogen-bond donors (Lipinski definition) is 3. The third kappa shape index (κ3) is 2.44. The van der Waals surface area contributed by atoms with Crippen LogP contribution in [0.1, 0.15) is 28.9 Å². The summed E-state index contributed by atoms with van der Waals surface area (Å²) in [6.45, 7) is 2.77. The van der Waals surface area contributed by atoms with Crippen LogP contribution in [0, 0.1) is 0 Å². The smallest absolute Gasteiger partial charge is 0.253 e. The minimum atomic E-state index is -0.0154. The highest BCUT2D eigenvalue weighted by Gasteiger charge is 2.25. The molecule has 3 heterocycles. The van der Waals surface area contributed by atoms with Gasteiger partial charge in [-0.3, -0.25) is 9.78 Å². The average molecular weight is 318 g/mol. The molecule has 5 nitrogen and oxygen atoms in total. The molecule has 1 aliphatic rings. The van der Waals surface area contributed by atoms with Gasteiger partial charge in [-0.1, -0.05) is 19.1 Å². The van der Waals surface area contributed by atoms with Gasteiger partial charge in [-0.25, -0.2) is 0 Å². The molecule has 0 aliphatic carbocycles. The Morgan fingerprint density at radius 2 is 1.92 bits per heavy atom. The molecule has 0 fully saturated rings. The minimum Gasteiger partial charge on any atom is -0.399 e. The van der Waals surface area contributed by atoms with Crippen molar-refractivity contribution >= 4 is 11.6 Å². The fourth-order valence-electron chi connectivity index (χ4n) is 3.06. The number of benzene rings is 1. The molecule has 0 bridgehead atoms. The van der Waals surface area contributed by atoms with E-state index in [1.54, 1.807) is 6.20 Å². The van der Waals surface area contributed by atoms with Gasteiger partial charge >= 0.3 is 0 Å². The molecule has 1 atom stereocenters. The summed E-state index contributed by atoms with van der Waals surface area (Å²) in [7, 11) is 0. The number of nitrogens with two attached hydrogens (primary N) is 1. The van der Waals surface area contributed by atoms with Crippen molar-refractivity contribution in [3.8, 4) is 22.5 Å². The Kier molecular flexibility index (Phi) is 3.34. The summed E-state index contributed by atoms with van der Waals surface area (Å²) in [4.78, 5) is 19.9. The third-order valence-electron chi connectivity index (χ3n) is 4.43. The highest BCUT2D eigenvalue weighted by molar-refractivity contribution is 5.98. The molecule has 2 aromatic heterocycles. The van der Waals surface area contributed by atoms with Gasteiger partial charge in [-0.15, -0.1) is 0 Å². The Hall–Kier alpha value is -3.08. The van der Waals surface area contributed by atoms with Crippen LogP contribution in [0.15, 0.2) is 48.7 Å². The molecule has 1 unspecified atom stereocenters. The lowest BCUT2D eigenvalue weighted by Crippen LogP contribution is -2.33. The van der Waals surface area contributed by atoms with E-state index < -0.39 is 0 Å². The standard InChI is InChI=1S/C19H18N4O/c1-11-10-22-19(24)15-9-17(23-18(11)15)13-6-7-21-16(8-13)12-2-4-14(20)5-3-12/h2-9,11,23H,10,20H2,1H3,(H,22,24). The summed E-state index contributed by atoms with van der Waals surface area (Å²) in [5.74, 6) is 0.267. The van der Waals surface area contributed by atoms with Crippen molar-refractivity contribution in [2.75, 3.05) is 12.3 Å². The van der Waals surface area contributed by atoms with Crippen LogP contribution in [0.3, 0.4) is 0 Å². The maximum atomic E-state index is 12.0. The highest BCUT2D eigenvalue weighted by atomic mass is 16.1. The van der Waals surface area contributed by atoms with E-state index >= 15 is 0 Å². The number of aromatic nitrogens is 2. The first-order valence-electron chi connectivity index (χ1n) is 7.95. The molecule has 0 saturated heterocycles. The monoisotopic (exact) mass is 318 g/mol. The molecule has 5 heteroatoms. The number of hydrogen-bond acceptors (Lipinski definition) is 3. The largest absolute Gasteiger partial charge is 0.399 e. The van der Waals surface area contributed by atoms with Crippen molar-refractivity contribution in [1.82, 2.24) is 15.3 Å². The van der Waals surface area contributed by atoms with Crippen molar-refractivity contribution in [1.29, 1.82) is 0 Å². The van der Waals surface area contributed by atoms with Crippen molar-refractivity contribution in [2.45, 2.75) is 12.8 Å². The molecule has 3 aromatic rings. The molecule has 24 heavy (non-hydrogen) atoms. The van der Waals surface area contributed by atoms with Crippen molar-refractivity contribution < 1.29 is 4.79 Å². The Balaban J connectivity index is 1.75. The lowest BCUT2D eigenvalue weighted by molar-refractivity contribution is 0.0941. The second-order valence-electron chi connectivity index (χ2n) is 6.17. The topological polar surface area (TPSA) is 83.8 Å². The predicted molar refractivity (Wildman–Crippen MR) is 94.6 cm³/mol. The van der Waals surface area contributed by atoms with Gasteiger partial charge in [-0.2, -0.15) is 0 Å². The van der Waals surface area contributed by atoms with Crippen LogP contribution in [0.2, 0.25) is 0 Å². The summed E-state index contributed by atoms with van der Waals surface area (Å²) in [6.07, 6.45) is 1.78. The number of carbonyl (C=O) groups excluding carboxylic acids is 1. The van der Waals surface area contributed by atoms with Gasteiger partial charge in [0.15, 0.2) is 0 Å². The zero-order valence-corrected chi connectivity index (χ0v) is 13.3. The Morgan fingerprint density at radius 1 is 1.12 bits per heavy atom. The lowest BCUT2D eigenvalue weighted by atomic mass is 9.99. The quantitative estimate of drug-likeness (QED) is 0.635. The molecular formula is C19H18N4O. The normalized spacial score (nSPS) is 16.5. The molecule has 120 valence electrons. The van der Waals surface area contributed by atoms with Crippen LogP contribution < -0.4 is 11.1 Å². The zero-order valence-electron chi connectivity index (χ0n) is 13.3. The van der Waals surface area contributed by atoms with Crippen molar-refractivity contribution in [3.63, 3.8) is 0 Å². The van der Waals surface area contributed by atoms with Crippen molar-refractivity contribution in [2.24, 2.45) is 0 Å². The molecule has 0 radical (unpaired) electrons. The molecular weight excluding hydrogens is 300 g/mol. The van der Waals surface area contributed by atoms with Crippen LogP contribution >= 0.6 is 0 Å². The number of nitrogens with zero attached hydrogens (tertiary/aromatic N) is 1. The second kappa shape index (κ2) is 5.53. The molecule has 1 amide bonds. The van der Waals surface area contributed by atoms with Crippen LogP contribution in [-0.2, 0) is 0 Å². The first-order valence-corrected chi connectivity index (χ1v) is 7.95. The number of amides is 1. The molecule has 0 spiro atoms. The van der Waals surface area contributed by atoms with E-state index in [0.717, 1.165) is 39.5 Å². The minimum absolute atomic E-state index is 0.0154. The summed E-state index contributed by atoms with van der Waals surface area (Å²) in [6, 6.07) is 13.5. The Bertz CT molecular complexity index is 911. The molecule has 1 aromatic carbocycles. The lowest BCUT2D eigenvalue weighted by Gasteiger charge is -2.18. The Labute approximate surface area is 139 Å². The predicted octanol–water partition coefficient (Wildman–Crippen LogP) is 3.17. The number of nitrogens with one attached hydrogen (secondary N) is 2. The van der Waals surface area contributed by atoms with E-state index in [-0.39, 0.29) is 11.8 Å². The highest BCUT2D eigenvalue weighted by Crippen LogP contribution is 2.30. The van der Waals surface area contributed by atoms with E-state index in [0.29, 0.717) is 6.54 Å². The molecule has 1 aliphatic heterocycles. The van der Waals surface area contributed by atoms with Crippen LogP contribution in [0.4, 0.5) is 5.69 Å². The zero-order chi connectivity index (χ0) is 16.7. The van der Waals surface area contributed by atoms with E-state index in [2.05, 4.69) is 22.2 Å². The number of nitrogen functional groups attached to an aromatic ring is 1. The van der Waals surface area contributed by atoms with Gasteiger partial charge in [0.05, 0.1) is 11.3 Å². The number of H-pyrrole nitrogens is 1. The summed E-state index contributed by atoms with van der Waals surface area (Å²) in [5, 5.41) is 2.91. The number of anilines is 1. The molecule has 0 saturated carbocycles. The van der Waals surface area contributed by atoms with Gasteiger partial charge in [0.2, 0.25) is 0 Å². The Morgan fingerprint density at radius 3 is 2.67 bits per heavy atom. The van der Waals surface area contributed by atoms with Crippen LogP contribution in [0.5, 0.6) is 0 Å². The van der Waals surface area contributed by atoms with Gasteiger partial charge in [0.25, 0.3) is 5.91 Å². The van der Waals surface area contributed by atoms with Gasteiger partial charge in [-0.05, 0) is 30.3 Å². The van der Waals surface area contributed by atoms with Gasteiger partial charge in [0.1, 0.15) is 0 Å². The van der Waals surface area contributed by atoms with Crippen LogP contribution in [0.25, 0.3) is 22.5 Å². The van der Waals surface area contributed by atoms with E-state index in [9.17, 15) is 4.79 Å². The SMILES string of the molecule is CC1CNC(=O)c2cc(-c3ccnc(-c4ccc(N)cc4)c3)[nH]c21. The first-order chi connectivity index (χ1) is 11.6. The number of rotatable bonds is 2. The van der Waals surface area contributed by atoms with Gasteiger partial charge in [0, 0.05) is 46.9 Å². The average Bonchev–Trinajstić information content (AvgIpc) is 3.06. The fraction of sp³-hybridized carbons (Fsp3) is 0.158. The maximum absolute atomic E-state index is 12.0. The molecule has 4 rings (SSSR count). The first kappa shape index (κ1) is 14.5. The van der Waals surface area contributed by atoms with Crippen molar-refractivity contribution in [3.05, 3.63) is 59.9 Å². The molecule has 4 N–H and O–H groups in total. The van der Waals surface area contributed by atoms with E-state index in [1.807, 2.05) is 42.5 Å². The van der Waals surface area contributed by atoms with Gasteiger partial charge < -0.3 is 16.0 Å².